The summed E-state index contributed by atoms with van der Waals surface area (Å²) in [7, 11) is 0. The minimum absolute atomic E-state index is 0.0282. The summed E-state index contributed by atoms with van der Waals surface area (Å²) in [5, 5.41) is 73.3. The molecular formula is C32H42O15. The molecule has 2 aromatic rings. The minimum Gasteiger partial charge on any atom is -0.484 e. The van der Waals surface area contributed by atoms with Gasteiger partial charge in [0.15, 0.2) is 12.4 Å². The molecule has 5 rings (SSSR count). The molecule has 1 saturated carbocycles. The van der Waals surface area contributed by atoms with E-state index in [4.69, 9.17) is 28.1 Å². The van der Waals surface area contributed by atoms with Crippen LogP contribution < -0.4 is 10.4 Å². The van der Waals surface area contributed by atoms with E-state index in [2.05, 4.69) is 0 Å². The molecule has 3 heterocycles. The van der Waals surface area contributed by atoms with Crippen molar-refractivity contribution in [2.45, 2.75) is 107 Å². The van der Waals surface area contributed by atoms with Gasteiger partial charge in [0.2, 0.25) is 0 Å². The number of hydrogen-bond donors (Lipinski definition) is 7. The lowest BCUT2D eigenvalue weighted by Gasteiger charge is -2.47. The first-order chi connectivity index (χ1) is 22.2. The van der Waals surface area contributed by atoms with E-state index in [1.165, 1.54) is 12.1 Å². The first kappa shape index (κ1) is 35.3. The number of hydrogen-bond acceptors (Lipinski definition) is 15. The molecule has 0 amide bonds. The molecule has 260 valence electrons. The fourth-order valence-electron chi connectivity index (χ4n) is 6.19. The van der Waals surface area contributed by atoms with E-state index < -0.39 is 104 Å². The van der Waals surface area contributed by atoms with Crippen LogP contribution in [0.1, 0.15) is 45.8 Å². The Labute approximate surface area is 269 Å². The van der Waals surface area contributed by atoms with Crippen LogP contribution >= 0.6 is 0 Å². The summed E-state index contributed by atoms with van der Waals surface area (Å²) in [5.41, 5.74) is -1.40. The highest BCUT2D eigenvalue weighted by atomic mass is 16.7. The van der Waals surface area contributed by atoms with E-state index in [1.54, 1.807) is 45.9 Å². The van der Waals surface area contributed by atoms with E-state index in [0.717, 1.165) is 0 Å². The highest BCUT2D eigenvalue weighted by Gasteiger charge is 2.53. The van der Waals surface area contributed by atoms with Gasteiger partial charge in [-0.05, 0) is 52.3 Å². The van der Waals surface area contributed by atoms with Crippen molar-refractivity contribution in [2.75, 3.05) is 13.2 Å². The smallest absolute Gasteiger partial charge is 0.336 e. The molecule has 15 nitrogen and oxygen atoms in total. The van der Waals surface area contributed by atoms with E-state index in [9.17, 15) is 45.3 Å². The number of aliphatic hydroxyl groups is 7. The Morgan fingerprint density at radius 1 is 0.979 bits per heavy atom. The Morgan fingerprint density at radius 2 is 1.66 bits per heavy atom. The van der Waals surface area contributed by atoms with Crippen LogP contribution in [0, 0.1) is 5.92 Å². The van der Waals surface area contributed by atoms with Gasteiger partial charge in [-0.3, -0.25) is 0 Å². The number of aliphatic hydroxyl groups excluding tert-OH is 7. The summed E-state index contributed by atoms with van der Waals surface area (Å²) in [6.45, 7) is 5.54. The molecule has 1 aromatic carbocycles. The number of rotatable bonds is 8. The molecule has 2 fully saturated rings. The molecule has 0 bridgehead atoms. The molecule has 1 aromatic heterocycles. The van der Waals surface area contributed by atoms with Gasteiger partial charge >= 0.3 is 11.6 Å². The van der Waals surface area contributed by atoms with Crippen LogP contribution in [0.2, 0.25) is 0 Å². The fourth-order valence-corrected chi connectivity index (χ4v) is 6.19. The first-order valence-corrected chi connectivity index (χ1v) is 15.4. The second kappa shape index (κ2) is 13.9. The quantitative estimate of drug-likeness (QED) is 0.104. The molecule has 1 saturated heterocycles. The van der Waals surface area contributed by atoms with Crippen LogP contribution in [0.4, 0.5) is 0 Å². The molecule has 3 aliphatic rings. The van der Waals surface area contributed by atoms with E-state index >= 15 is 0 Å². The first-order valence-electron chi connectivity index (χ1n) is 15.4. The van der Waals surface area contributed by atoms with Crippen LogP contribution in [0.25, 0.3) is 11.0 Å². The molecule has 0 radical (unpaired) electrons. The van der Waals surface area contributed by atoms with Gasteiger partial charge < -0.3 is 63.8 Å². The third kappa shape index (κ3) is 6.83. The predicted molar refractivity (Wildman–Crippen MR) is 160 cm³/mol. The van der Waals surface area contributed by atoms with E-state index in [-0.39, 0.29) is 28.9 Å². The largest absolute Gasteiger partial charge is 0.484 e. The molecule has 1 aliphatic carbocycles. The van der Waals surface area contributed by atoms with Gasteiger partial charge in [0.1, 0.15) is 59.7 Å². The summed E-state index contributed by atoms with van der Waals surface area (Å²) in [4.78, 5) is 25.4. The van der Waals surface area contributed by atoms with Crippen molar-refractivity contribution in [3.63, 3.8) is 0 Å². The number of carbonyl (C=O) groups is 1. The standard InChI is InChI=1S/C32H42O15/c1-5-13(2)30(41)45-28-20-16(8-6-14-7-9-19(34)44-27(14)20)47-32(3,4)29(28)46-31-26(40)25(39)23(37)18(43-31)12-42-17-10-15(11-33)21(35)24(38)22(17)36/h5-9,15,17-18,21-26,28-29,31,33,35-40H,10-12H2,1-4H3/b13-5-. The average molecular weight is 667 g/mol. The van der Waals surface area contributed by atoms with Gasteiger partial charge in [-0.25, -0.2) is 9.59 Å². The van der Waals surface area contributed by atoms with Crippen molar-refractivity contribution >= 4 is 16.9 Å². The van der Waals surface area contributed by atoms with Gasteiger partial charge in [0.05, 0.1) is 24.4 Å². The summed E-state index contributed by atoms with van der Waals surface area (Å²) in [5.74, 6) is -1.25. The van der Waals surface area contributed by atoms with Crippen LogP contribution in [-0.2, 0) is 23.7 Å². The normalized spacial score (nSPS) is 37.2. The topological polar surface area (TPSA) is 235 Å². The van der Waals surface area contributed by atoms with Crippen molar-refractivity contribution < 1.29 is 68.6 Å². The molecule has 7 N–H and O–H groups in total. The SMILES string of the molecule is C/C=C(/C)C(=O)OC1c2c(ccc3ccc(=O)oc23)OC(C)(C)C1OC1OC(COC2CC(CO)C(O)C(O)C2O)C(O)C(O)C1O. The number of allylic oxidation sites excluding steroid dienone is 1. The van der Waals surface area contributed by atoms with Crippen molar-refractivity contribution in [1.82, 2.24) is 0 Å². The van der Waals surface area contributed by atoms with Gasteiger partial charge in [-0.1, -0.05) is 6.08 Å². The monoisotopic (exact) mass is 666 g/mol. The minimum atomic E-state index is -1.81. The second-order valence-corrected chi connectivity index (χ2v) is 12.7. The van der Waals surface area contributed by atoms with Gasteiger partial charge in [-0.15, -0.1) is 0 Å². The maximum Gasteiger partial charge on any atom is 0.336 e. The lowest BCUT2D eigenvalue weighted by atomic mass is 9.81. The number of benzene rings is 1. The number of ether oxygens (including phenoxy) is 5. The Balaban J connectivity index is 1.45. The molecule has 0 spiro atoms. The van der Waals surface area contributed by atoms with Gasteiger partial charge in [0.25, 0.3) is 0 Å². The summed E-state index contributed by atoms with van der Waals surface area (Å²) in [6.07, 6.45) is -14.9. The number of esters is 1. The average Bonchev–Trinajstić information content (AvgIpc) is 3.04. The van der Waals surface area contributed by atoms with Crippen molar-refractivity contribution in [2.24, 2.45) is 5.92 Å². The molecule has 2 aliphatic heterocycles. The van der Waals surface area contributed by atoms with Crippen molar-refractivity contribution in [1.29, 1.82) is 0 Å². The van der Waals surface area contributed by atoms with E-state index in [0.29, 0.717) is 5.39 Å². The molecule has 15 heteroatoms. The van der Waals surface area contributed by atoms with Crippen molar-refractivity contribution in [3.05, 3.63) is 51.9 Å². The second-order valence-electron chi connectivity index (χ2n) is 12.7. The highest BCUT2D eigenvalue weighted by molar-refractivity contribution is 5.89. The predicted octanol–water partition coefficient (Wildman–Crippen LogP) is -0.813. The van der Waals surface area contributed by atoms with Crippen molar-refractivity contribution in [3.8, 4) is 5.75 Å². The number of carbonyl (C=O) groups excluding carboxylic acids is 1. The van der Waals surface area contributed by atoms with Gasteiger partial charge in [0, 0.05) is 29.6 Å². The maximum atomic E-state index is 13.1. The maximum absolute atomic E-state index is 13.1. The lowest BCUT2D eigenvalue weighted by molar-refractivity contribution is -0.334. The third-order valence-electron chi connectivity index (χ3n) is 9.15. The third-order valence-corrected chi connectivity index (χ3v) is 9.15. The number of fused-ring (bicyclic) bond motifs is 3. The Morgan fingerprint density at radius 3 is 2.34 bits per heavy atom. The molecule has 12 atom stereocenters. The van der Waals surface area contributed by atoms with Gasteiger partial charge in [-0.2, -0.15) is 0 Å². The van der Waals surface area contributed by atoms with Crippen LogP contribution in [0.15, 0.2) is 45.1 Å². The lowest BCUT2D eigenvalue weighted by Crippen LogP contribution is -2.62. The Hall–Kier alpha value is -2.96. The zero-order chi connectivity index (χ0) is 34.4. The summed E-state index contributed by atoms with van der Waals surface area (Å²) in [6, 6.07) is 6.08. The van der Waals surface area contributed by atoms with Crippen LogP contribution in [-0.4, -0.2) is 122 Å². The Kier molecular flexibility index (Phi) is 10.4. The zero-order valence-electron chi connectivity index (χ0n) is 26.3. The summed E-state index contributed by atoms with van der Waals surface area (Å²) >= 11 is 0. The zero-order valence-corrected chi connectivity index (χ0v) is 26.3. The Bertz CT molecular complexity index is 1520. The van der Waals surface area contributed by atoms with Crippen LogP contribution in [0.5, 0.6) is 5.75 Å². The highest BCUT2D eigenvalue weighted by Crippen LogP contribution is 2.47. The summed E-state index contributed by atoms with van der Waals surface area (Å²) < 4.78 is 35.6. The van der Waals surface area contributed by atoms with Crippen LogP contribution in [0.3, 0.4) is 0 Å². The fraction of sp³-hybridized carbons (Fsp3) is 0.625. The molecular weight excluding hydrogens is 624 g/mol. The van der Waals surface area contributed by atoms with E-state index in [1.807, 2.05) is 0 Å². The molecule has 12 unspecified atom stereocenters. The molecule has 47 heavy (non-hydrogen) atoms.